The number of benzene rings is 3. The van der Waals surface area contributed by atoms with Crippen molar-refractivity contribution in [1.82, 2.24) is 15.6 Å². The van der Waals surface area contributed by atoms with Crippen LogP contribution in [0.3, 0.4) is 0 Å². The summed E-state index contributed by atoms with van der Waals surface area (Å²) in [5, 5.41) is 16.0. The predicted octanol–water partition coefficient (Wildman–Crippen LogP) is 5.32. The third-order valence-corrected chi connectivity index (χ3v) is 7.12. The minimum atomic E-state index is -0.367. The number of nitrogens with zero attached hydrogens (tertiary/aromatic N) is 3. The van der Waals surface area contributed by atoms with Crippen LogP contribution >= 0.6 is 34.7 Å². The van der Waals surface area contributed by atoms with E-state index in [1.165, 1.54) is 6.21 Å². The molecule has 39 heavy (non-hydrogen) atoms. The van der Waals surface area contributed by atoms with E-state index in [4.69, 9.17) is 21.1 Å². The molecule has 0 unspecified atom stereocenters. The van der Waals surface area contributed by atoms with Gasteiger partial charge in [-0.25, -0.2) is 5.43 Å². The maximum Gasteiger partial charge on any atom is 0.257 e. The van der Waals surface area contributed by atoms with Crippen molar-refractivity contribution in [3.63, 3.8) is 0 Å². The van der Waals surface area contributed by atoms with E-state index < -0.39 is 0 Å². The zero-order valence-electron chi connectivity index (χ0n) is 20.8. The summed E-state index contributed by atoms with van der Waals surface area (Å²) in [6, 6.07) is 21.8. The maximum atomic E-state index is 12.3. The standard InChI is InChI=1S/C27H24ClN5O4S2/c1-36-23-15-18(7-12-22(23)37-13-14-38-21-10-8-20(28)9-11-21)17-29-31-24(34)16-25-32-33-27(39-25)30-26(35)19-5-3-2-4-6-19/h2-12,15,17H,13-14,16H2,1H3,(H,31,34)(H,30,33,35). The third kappa shape index (κ3) is 8.81. The zero-order valence-corrected chi connectivity index (χ0v) is 23.2. The van der Waals surface area contributed by atoms with Gasteiger partial charge in [-0.15, -0.1) is 22.0 Å². The van der Waals surface area contributed by atoms with Gasteiger partial charge in [0, 0.05) is 21.2 Å². The number of hydrazone groups is 1. The number of thioether (sulfide) groups is 1. The van der Waals surface area contributed by atoms with Crippen LogP contribution in [0, 0.1) is 0 Å². The van der Waals surface area contributed by atoms with E-state index in [9.17, 15) is 9.59 Å². The van der Waals surface area contributed by atoms with Crippen LogP contribution in [0.2, 0.25) is 5.02 Å². The SMILES string of the molecule is COc1cc(C=NNC(=O)Cc2nnc(NC(=O)c3ccccc3)s2)ccc1OCCSc1ccc(Cl)cc1. The Morgan fingerprint density at radius 3 is 2.62 bits per heavy atom. The van der Waals surface area contributed by atoms with Gasteiger partial charge in [0.1, 0.15) is 5.01 Å². The van der Waals surface area contributed by atoms with Gasteiger partial charge < -0.3 is 9.47 Å². The van der Waals surface area contributed by atoms with Crippen LogP contribution in [0.25, 0.3) is 0 Å². The highest BCUT2D eigenvalue weighted by Gasteiger charge is 2.12. The average Bonchev–Trinajstić information content (AvgIpc) is 3.39. The van der Waals surface area contributed by atoms with E-state index in [2.05, 4.69) is 26.0 Å². The first-order valence-corrected chi connectivity index (χ1v) is 13.9. The fourth-order valence-corrected chi connectivity index (χ4v) is 4.81. The van der Waals surface area contributed by atoms with Crippen molar-refractivity contribution in [3.8, 4) is 11.5 Å². The van der Waals surface area contributed by atoms with E-state index in [1.807, 2.05) is 36.4 Å². The summed E-state index contributed by atoms with van der Waals surface area (Å²) in [6.07, 6.45) is 1.48. The van der Waals surface area contributed by atoms with Crippen LogP contribution < -0.4 is 20.2 Å². The molecule has 12 heteroatoms. The molecule has 0 aliphatic carbocycles. The topological polar surface area (TPSA) is 115 Å². The number of carbonyl (C=O) groups excluding carboxylic acids is 2. The van der Waals surface area contributed by atoms with Gasteiger partial charge in [0.15, 0.2) is 11.5 Å². The number of rotatable bonds is 12. The molecular formula is C27H24ClN5O4S2. The highest BCUT2D eigenvalue weighted by atomic mass is 35.5. The maximum absolute atomic E-state index is 12.3. The average molecular weight is 582 g/mol. The number of anilines is 1. The second kappa shape index (κ2) is 14.3. The second-order valence-electron chi connectivity index (χ2n) is 7.85. The lowest BCUT2D eigenvalue weighted by Gasteiger charge is -2.11. The fourth-order valence-electron chi connectivity index (χ4n) is 3.22. The Balaban J connectivity index is 1.22. The van der Waals surface area contributed by atoms with Crippen LogP contribution in [0.15, 0.2) is 82.8 Å². The van der Waals surface area contributed by atoms with E-state index in [0.717, 1.165) is 27.5 Å². The Morgan fingerprint density at radius 1 is 1.05 bits per heavy atom. The molecule has 0 bridgehead atoms. The molecule has 0 radical (unpaired) electrons. The van der Waals surface area contributed by atoms with Crippen LogP contribution in [0.1, 0.15) is 20.9 Å². The molecule has 0 aliphatic rings. The van der Waals surface area contributed by atoms with Crippen LogP contribution in [-0.2, 0) is 11.2 Å². The van der Waals surface area contributed by atoms with Gasteiger partial charge >= 0.3 is 0 Å². The van der Waals surface area contributed by atoms with Gasteiger partial charge in [-0.3, -0.25) is 14.9 Å². The molecule has 2 amide bonds. The molecule has 3 aromatic carbocycles. The van der Waals surface area contributed by atoms with Crippen molar-refractivity contribution in [1.29, 1.82) is 0 Å². The normalized spacial score (nSPS) is 10.8. The summed E-state index contributed by atoms with van der Waals surface area (Å²) < 4.78 is 11.3. The van der Waals surface area contributed by atoms with Gasteiger partial charge in [0.25, 0.3) is 5.91 Å². The van der Waals surface area contributed by atoms with E-state index in [0.29, 0.717) is 38.8 Å². The minimum absolute atomic E-state index is 0.0274. The number of methoxy groups -OCH3 is 1. The van der Waals surface area contributed by atoms with Crippen molar-refractivity contribution in [2.75, 3.05) is 24.8 Å². The fraction of sp³-hybridized carbons (Fsp3) is 0.148. The molecule has 2 N–H and O–H groups in total. The monoisotopic (exact) mass is 581 g/mol. The van der Waals surface area contributed by atoms with Gasteiger partial charge in [-0.2, -0.15) is 5.10 Å². The molecule has 4 aromatic rings. The molecule has 1 aromatic heterocycles. The summed E-state index contributed by atoms with van der Waals surface area (Å²) in [6.45, 7) is 0.496. The molecule has 200 valence electrons. The Hall–Kier alpha value is -3.93. The largest absolute Gasteiger partial charge is 0.493 e. The molecule has 0 spiro atoms. The highest BCUT2D eigenvalue weighted by Crippen LogP contribution is 2.28. The number of amides is 2. The second-order valence-corrected chi connectivity index (χ2v) is 10.5. The Kier molecular flexibility index (Phi) is 10.3. The summed E-state index contributed by atoms with van der Waals surface area (Å²) in [7, 11) is 1.56. The van der Waals surface area contributed by atoms with Crippen molar-refractivity contribution in [3.05, 3.63) is 94.0 Å². The summed E-state index contributed by atoms with van der Waals surface area (Å²) in [5.41, 5.74) is 3.69. The number of nitrogens with one attached hydrogen (secondary N) is 2. The molecule has 0 saturated heterocycles. The van der Waals surface area contributed by atoms with Gasteiger partial charge in [0.05, 0.1) is 26.4 Å². The van der Waals surface area contributed by atoms with Crippen molar-refractivity contribution in [2.45, 2.75) is 11.3 Å². The van der Waals surface area contributed by atoms with Crippen LogP contribution in [0.5, 0.6) is 11.5 Å². The van der Waals surface area contributed by atoms with Crippen LogP contribution in [0.4, 0.5) is 5.13 Å². The lowest BCUT2D eigenvalue weighted by atomic mass is 10.2. The lowest BCUT2D eigenvalue weighted by molar-refractivity contribution is -0.120. The Labute approximate surface area is 238 Å². The van der Waals surface area contributed by atoms with Gasteiger partial charge in [-0.05, 0) is 60.2 Å². The smallest absolute Gasteiger partial charge is 0.257 e. The number of aromatic nitrogens is 2. The first kappa shape index (κ1) is 28.1. The molecular weight excluding hydrogens is 558 g/mol. The summed E-state index contributed by atoms with van der Waals surface area (Å²) in [4.78, 5) is 25.6. The molecule has 1 heterocycles. The van der Waals surface area contributed by atoms with E-state index in [-0.39, 0.29) is 18.2 Å². The summed E-state index contributed by atoms with van der Waals surface area (Å²) >= 11 is 8.71. The quantitative estimate of drug-likeness (QED) is 0.101. The lowest BCUT2D eigenvalue weighted by Crippen LogP contribution is -2.19. The van der Waals surface area contributed by atoms with Gasteiger partial charge in [-0.1, -0.05) is 41.1 Å². The first-order chi connectivity index (χ1) is 19.0. The minimum Gasteiger partial charge on any atom is -0.493 e. The molecule has 4 rings (SSSR count). The van der Waals surface area contributed by atoms with Gasteiger partial charge in [0.2, 0.25) is 11.0 Å². The first-order valence-electron chi connectivity index (χ1n) is 11.7. The molecule has 0 aliphatic heterocycles. The van der Waals surface area contributed by atoms with E-state index in [1.54, 1.807) is 55.3 Å². The van der Waals surface area contributed by atoms with E-state index >= 15 is 0 Å². The zero-order chi connectivity index (χ0) is 27.5. The summed E-state index contributed by atoms with van der Waals surface area (Å²) in [5.74, 6) is 1.27. The van der Waals surface area contributed by atoms with Crippen molar-refractivity contribution in [2.24, 2.45) is 5.10 Å². The van der Waals surface area contributed by atoms with Crippen LogP contribution in [-0.4, -0.2) is 47.7 Å². The Morgan fingerprint density at radius 2 is 1.85 bits per heavy atom. The number of hydrogen-bond donors (Lipinski definition) is 2. The number of hydrogen-bond acceptors (Lipinski definition) is 9. The number of halogens is 1. The van der Waals surface area contributed by atoms with Crippen molar-refractivity contribution < 1.29 is 19.1 Å². The molecule has 0 saturated carbocycles. The van der Waals surface area contributed by atoms with Crippen molar-refractivity contribution >= 4 is 57.9 Å². The number of ether oxygens (including phenoxy) is 2. The molecule has 9 nitrogen and oxygen atoms in total. The molecule has 0 fully saturated rings. The number of carbonyl (C=O) groups is 2. The Bertz CT molecular complexity index is 1430. The highest BCUT2D eigenvalue weighted by molar-refractivity contribution is 7.99. The predicted molar refractivity (Wildman–Crippen MR) is 154 cm³/mol. The molecule has 0 atom stereocenters. The third-order valence-electron chi connectivity index (χ3n) is 5.05.